The van der Waals surface area contributed by atoms with Gasteiger partial charge in [0.05, 0.1) is 24.1 Å². The molecule has 1 unspecified atom stereocenters. The number of rotatable bonds is 3. The van der Waals surface area contributed by atoms with Gasteiger partial charge in [-0.05, 0) is 17.7 Å². The second kappa shape index (κ2) is 5.88. The first-order valence-corrected chi connectivity index (χ1v) is 7.71. The zero-order valence-electron chi connectivity index (χ0n) is 10.1. The summed E-state index contributed by atoms with van der Waals surface area (Å²) in [5, 5.41) is 8.80. The topological polar surface area (TPSA) is 70.4 Å². The molecule has 102 valence electrons. The molecule has 0 amide bonds. The highest BCUT2D eigenvalue weighted by atomic mass is 35.5. The van der Waals surface area contributed by atoms with Crippen LogP contribution in [0.3, 0.4) is 0 Å². The summed E-state index contributed by atoms with van der Waals surface area (Å²) < 4.78 is 31.2. The van der Waals surface area contributed by atoms with Crippen molar-refractivity contribution in [2.24, 2.45) is 0 Å². The minimum Gasteiger partial charge on any atom is -0.361 e. The monoisotopic (exact) mass is 300 g/mol. The molecule has 1 atom stereocenters. The van der Waals surface area contributed by atoms with Gasteiger partial charge < -0.3 is 4.74 Å². The molecule has 0 aromatic heterocycles. The average Bonchev–Trinajstić information content (AvgIpc) is 2.47. The quantitative estimate of drug-likeness (QED) is 0.790. The lowest BCUT2D eigenvalue weighted by Gasteiger charge is -2.28. The van der Waals surface area contributed by atoms with Crippen LogP contribution in [0.1, 0.15) is 5.56 Å². The molecule has 0 saturated carbocycles. The van der Waals surface area contributed by atoms with Crippen molar-refractivity contribution in [2.75, 3.05) is 19.7 Å². The minimum atomic E-state index is -3.57. The Morgan fingerprint density at radius 1 is 1.42 bits per heavy atom. The summed E-state index contributed by atoms with van der Waals surface area (Å²) in [6.07, 6.45) is -0.703. The van der Waals surface area contributed by atoms with Crippen LogP contribution >= 0.6 is 11.6 Å². The Kier molecular flexibility index (Phi) is 4.42. The van der Waals surface area contributed by atoms with Crippen LogP contribution in [-0.4, -0.2) is 38.5 Å². The van der Waals surface area contributed by atoms with E-state index in [0.29, 0.717) is 5.88 Å². The lowest BCUT2D eigenvalue weighted by Crippen LogP contribution is -2.44. The Morgan fingerprint density at radius 3 is 2.68 bits per heavy atom. The van der Waals surface area contributed by atoms with Gasteiger partial charge in [0.2, 0.25) is 10.0 Å². The molecular weight excluding hydrogens is 288 g/mol. The summed E-state index contributed by atoms with van der Waals surface area (Å²) in [5.41, 5.74) is 0.859. The number of halogens is 1. The fourth-order valence-corrected chi connectivity index (χ4v) is 3.42. The highest BCUT2D eigenvalue weighted by molar-refractivity contribution is 7.89. The van der Waals surface area contributed by atoms with Crippen LogP contribution < -0.4 is 0 Å². The molecule has 1 heterocycles. The third-order valence-electron chi connectivity index (χ3n) is 2.89. The fourth-order valence-electron chi connectivity index (χ4n) is 1.82. The largest absolute Gasteiger partial charge is 0.361 e. The summed E-state index contributed by atoms with van der Waals surface area (Å²) in [7, 11) is -3.57. The number of benzene rings is 1. The lowest BCUT2D eigenvalue weighted by atomic mass is 10.2. The summed E-state index contributed by atoms with van der Waals surface area (Å²) in [6, 6.07) is 8.36. The van der Waals surface area contributed by atoms with Gasteiger partial charge in [-0.2, -0.15) is 9.57 Å². The van der Waals surface area contributed by atoms with E-state index in [-0.39, 0.29) is 24.6 Å². The maximum atomic E-state index is 12.4. The van der Waals surface area contributed by atoms with E-state index in [1.807, 2.05) is 6.07 Å². The molecule has 1 saturated heterocycles. The van der Waals surface area contributed by atoms with Crippen molar-refractivity contribution < 1.29 is 13.2 Å². The van der Waals surface area contributed by atoms with E-state index in [1.165, 1.54) is 16.4 Å². The third kappa shape index (κ3) is 3.07. The number of nitriles is 1. The SMILES string of the molecule is N#CC1CN(S(=O)(=O)c2ccc(CCl)cc2)CCO1. The molecule has 0 bridgehead atoms. The van der Waals surface area contributed by atoms with Crippen molar-refractivity contribution in [2.45, 2.75) is 16.9 Å². The van der Waals surface area contributed by atoms with E-state index < -0.39 is 16.1 Å². The highest BCUT2D eigenvalue weighted by Gasteiger charge is 2.30. The van der Waals surface area contributed by atoms with Crippen molar-refractivity contribution in [3.8, 4) is 6.07 Å². The molecule has 1 aliphatic heterocycles. The normalized spacial score (nSPS) is 20.9. The molecule has 1 aromatic carbocycles. The Balaban J connectivity index is 2.23. The van der Waals surface area contributed by atoms with Crippen LogP contribution in [-0.2, 0) is 20.6 Å². The minimum absolute atomic E-state index is 0.0656. The first-order valence-electron chi connectivity index (χ1n) is 5.74. The molecule has 1 fully saturated rings. The maximum Gasteiger partial charge on any atom is 0.243 e. The molecule has 2 rings (SSSR count). The van der Waals surface area contributed by atoms with Crippen LogP contribution in [0.25, 0.3) is 0 Å². The Morgan fingerprint density at radius 2 is 2.11 bits per heavy atom. The van der Waals surface area contributed by atoms with Crippen LogP contribution in [0.5, 0.6) is 0 Å². The van der Waals surface area contributed by atoms with Gasteiger partial charge in [-0.25, -0.2) is 8.42 Å². The zero-order valence-corrected chi connectivity index (χ0v) is 11.7. The number of morpholine rings is 1. The summed E-state index contributed by atoms with van der Waals surface area (Å²) >= 11 is 5.67. The van der Waals surface area contributed by atoms with E-state index in [0.717, 1.165) is 5.56 Å². The Hall–Kier alpha value is -1.13. The second-order valence-corrected chi connectivity index (χ2v) is 6.33. The Labute approximate surface area is 117 Å². The number of hydrogen-bond acceptors (Lipinski definition) is 4. The van der Waals surface area contributed by atoms with E-state index in [9.17, 15) is 8.42 Å². The second-order valence-electron chi connectivity index (χ2n) is 4.13. The first-order chi connectivity index (χ1) is 9.07. The number of sulfonamides is 1. The van der Waals surface area contributed by atoms with Gasteiger partial charge in [-0.3, -0.25) is 0 Å². The first kappa shape index (κ1) is 14.3. The predicted molar refractivity (Wildman–Crippen MR) is 70.1 cm³/mol. The van der Waals surface area contributed by atoms with Crippen LogP contribution in [0, 0.1) is 11.3 Å². The molecule has 0 radical (unpaired) electrons. The summed E-state index contributed by atoms with van der Waals surface area (Å²) in [6.45, 7) is 0.561. The van der Waals surface area contributed by atoms with Gasteiger partial charge in [0.15, 0.2) is 6.10 Å². The third-order valence-corrected chi connectivity index (χ3v) is 5.08. The number of ether oxygens (including phenoxy) is 1. The van der Waals surface area contributed by atoms with Crippen molar-refractivity contribution in [3.63, 3.8) is 0 Å². The molecule has 1 aromatic rings. The van der Waals surface area contributed by atoms with Crippen molar-refractivity contribution in [1.29, 1.82) is 5.26 Å². The Bertz CT molecular complexity index is 580. The van der Waals surface area contributed by atoms with Gasteiger partial charge in [0, 0.05) is 12.4 Å². The molecule has 19 heavy (non-hydrogen) atoms. The van der Waals surface area contributed by atoms with Crippen LogP contribution in [0.2, 0.25) is 0 Å². The van der Waals surface area contributed by atoms with E-state index in [2.05, 4.69) is 0 Å². The van der Waals surface area contributed by atoms with Crippen molar-refractivity contribution in [3.05, 3.63) is 29.8 Å². The van der Waals surface area contributed by atoms with E-state index >= 15 is 0 Å². The average molecular weight is 301 g/mol. The molecule has 0 N–H and O–H groups in total. The standard InChI is InChI=1S/C12H13ClN2O3S/c13-7-10-1-3-12(4-2-10)19(16,17)15-5-6-18-11(8-14)9-15/h1-4,11H,5-7,9H2. The smallest absolute Gasteiger partial charge is 0.243 e. The van der Waals surface area contributed by atoms with Crippen LogP contribution in [0.4, 0.5) is 0 Å². The molecule has 7 heteroatoms. The maximum absolute atomic E-state index is 12.4. The van der Waals surface area contributed by atoms with Gasteiger partial charge in [0.1, 0.15) is 0 Å². The number of hydrogen-bond donors (Lipinski definition) is 0. The van der Waals surface area contributed by atoms with Gasteiger partial charge in [0.25, 0.3) is 0 Å². The van der Waals surface area contributed by atoms with Gasteiger partial charge in [-0.15, -0.1) is 11.6 Å². The summed E-state index contributed by atoms with van der Waals surface area (Å²) in [4.78, 5) is 0.208. The molecule has 5 nitrogen and oxygen atoms in total. The van der Waals surface area contributed by atoms with Crippen molar-refractivity contribution in [1.82, 2.24) is 4.31 Å². The molecule has 1 aliphatic rings. The van der Waals surface area contributed by atoms with Gasteiger partial charge >= 0.3 is 0 Å². The molecular formula is C12H13ClN2O3S. The van der Waals surface area contributed by atoms with Crippen molar-refractivity contribution >= 4 is 21.6 Å². The number of nitrogens with zero attached hydrogens (tertiary/aromatic N) is 2. The van der Waals surface area contributed by atoms with E-state index in [1.54, 1.807) is 12.1 Å². The van der Waals surface area contributed by atoms with Gasteiger partial charge in [-0.1, -0.05) is 12.1 Å². The number of alkyl halides is 1. The van der Waals surface area contributed by atoms with E-state index in [4.69, 9.17) is 21.6 Å². The fraction of sp³-hybridized carbons (Fsp3) is 0.417. The predicted octanol–water partition coefficient (Wildman–Crippen LogP) is 1.34. The molecule has 0 aliphatic carbocycles. The van der Waals surface area contributed by atoms with Crippen LogP contribution in [0.15, 0.2) is 29.2 Å². The zero-order chi connectivity index (χ0) is 13.9. The highest BCUT2D eigenvalue weighted by Crippen LogP contribution is 2.19. The summed E-state index contributed by atoms with van der Waals surface area (Å²) in [5.74, 6) is 0.342. The lowest BCUT2D eigenvalue weighted by molar-refractivity contribution is 0.0311. The molecule has 0 spiro atoms.